The Morgan fingerprint density at radius 3 is 2.50 bits per heavy atom. The van der Waals surface area contributed by atoms with Crippen molar-refractivity contribution in [2.75, 3.05) is 11.9 Å². The molecule has 0 aliphatic rings. The van der Waals surface area contributed by atoms with Gasteiger partial charge in [0.15, 0.2) is 6.61 Å². The molecule has 0 bridgehead atoms. The highest BCUT2D eigenvalue weighted by molar-refractivity contribution is 9.10. The van der Waals surface area contributed by atoms with Crippen LogP contribution < -0.4 is 5.32 Å². The molecule has 0 saturated carbocycles. The molecule has 0 atom stereocenters. The fraction of sp³-hybridized carbons (Fsp3) is 0.0667. The van der Waals surface area contributed by atoms with Crippen LogP contribution in [0.1, 0.15) is 10.4 Å². The molecule has 1 N–H and O–H groups in total. The van der Waals surface area contributed by atoms with Crippen molar-refractivity contribution in [2.24, 2.45) is 0 Å². The van der Waals surface area contributed by atoms with Crippen molar-refractivity contribution in [3.8, 4) is 0 Å². The van der Waals surface area contributed by atoms with Gasteiger partial charge in [0, 0.05) is 16.2 Å². The van der Waals surface area contributed by atoms with Crippen LogP contribution in [-0.2, 0) is 9.53 Å². The SMILES string of the molecule is O=C(COC(=O)c1ccc(Br)cc1)Nc1ccc(F)c([N+](=O)[O-])c1. The van der Waals surface area contributed by atoms with Crippen molar-refractivity contribution in [1.29, 1.82) is 0 Å². The Balaban J connectivity index is 1.94. The van der Waals surface area contributed by atoms with Gasteiger partial charge in [-0.25, -0.2) is 4.79 Å². The van der Waals surface area contributed by atoms with Crippen LogP contribution in [0, 0.1) is 15.9 Å². The van der Waals surface area contributed by atoms with Crippen LogP contribution in [0.3, 0.4) is 0 Å². The molecule has 9 heteroatoms. The van der Waals surface area contributed by atoms with E-state index < -0.39 is 34.9 Å². The number of carbonyl (C=O) groups is 2. The molecular weight excluding hydrogens is 387 g/mol. The molecule has 0 radical (unpaired) electrons. The molecule has 24 heavy (non-hydrogen) atoms. The van der Waals surface area contributed by atoms with Gasteiger partial charge in [0.1, 0.15) is 0 Å². The zero-order valence-electron chi connectivity index (χ0n) is 12.0. The lowest BCUT2D eigenvalue weighted by molar-refractivity contribution is -0.387. The average molecular weight is 397 g/mol. The van der Waals surface area contributed by atoms with Crippen LogP contribution in [0.5, 0.6) is 0 Å². The van der Waals surface area contributed by atoms with Crippen LogP contribution in [0.25, 0.3) is 0 Å². The Bertz CT molecular complexity index is 795. The lowest BCUT2D eigenvalue weighted by atomic mass is 10.2. The highest BCUT2D eigenvalue weighted by Gasteiger charge is 2.16. The zero-order chi connectivity index (χ0) is 17.7. The summed E-state index contributed by atoms with van der Waals surface area (Å²) in [7, 11) is 0. The molecule has 2 aromatic carbocycles. The number of hydrogen-bond donors (Lipinski definition) is 1. The summed E-state index contributed by atoms with van der Waals surface area (Å²) in [5.74, 6) is -2.41. The Labute approximate surface area is 143 Å². The topological polar surface area (TPSA) is 98.5 Å². The molecule has 2 rings (SSSR count). The second kappa shape index (κ2) is 7.64. The van der Waals surface area contributed by atoms with Crippen LogP contribution in [0.15, 0.2) is 46.9 Å². The van der Waals surface area contributed by atoms with Gasteiger partial charge < -0.3 is 10.1 Å². The first-order valence-corrected chi connectivity index (χ1v) is 7.32. The lowest BCUT2D eigenvalue weighted by Crippen LogP contribution is -2.21. The summed E-state index contributed by atoms with van der Waals surface area (Å²) < 4.78 is 18.8. The summed E-state index contributed by atoms with van der Waals surface area (Å²) in [4.78, 5) is 33.2. The Kier molecular flexibility index (Phi) is 5.59. The van der Waals surface area contributed by atoms with Crippen molar-refractivity contribution in [3.63, 3.8) is 0 Å². The molecular formula is C15H10BrFN2O5. The Hall–Kier alpha value is -2.81. The van der Waals surface area contributed by atoms with Gasteiger partial charge in [-0.15, -0.1) is 0 Å². The zero-order valence-corrected chi connectivity index (χ0v) is 13.6. The first-order valence-electron chi connectivity index (χ1n) is 6.53. The summed E-state index contributed by atoms with van der Waals surface area (Å²) in [6, 6.07) is 9.24. The lowest BCUT2D eigenvalue weighted by Gasteiger charge is -2.07. The number of esters is 1. The van der Waals surface area contributed by atoms with E-state index in [1.807, 2.05) is 0 Å². The largest absolute Gasteiger partial charge is 0.452 e. The molecule has 0 saturated heterocycles. The fourth-order valence-corrected chi connectivity index (χ4v) is 1.99. The molecule has 7 nitrogen and oxygen atoms in total. The van der Waals surface area contributed by atoms with E-state index >= 15 is 0 Å². The second-order valence-corrected chi connectivity index (χ2v) is 5.47. The average Bonchev–Trinajstić information content (AvgIpc) is 2.55. The molecule has 0 aliphatic carbocycles. The number of benzene rings is 2. The molecule has 0 heterocycles. The number of amides is 1. The first kappa shape index (κ1) is 17.5. The minimum absolute atomic E-state index is 0.0211. The van der Waals surface area contributed by atoms with Gasteiger partial charge >= 0.3 is 11.7 Å². The van der Waals surface area contributed by atoms with Crippen LogP contribution in [-0.4, -0.2) is 23.4 Å². The van der Waals surface area contributed by atoms with Crippen LogP contribution in [0.2, 0.25) is 0 Å². The fourth-order valence-electron chi connectivity index (χ4n) is 1.73. The predicted octanol–water partition coefficient (Wildman–Crippen LogP) is 3.29. The van der Waals surface area contributed by atoms with Gasteiger partial charge in [-0.3, -0.25) is 14.9 Å². The highest BCUT2D eigenvalue weighted by Crippen LogP contribution is 2.21. The maximum absolute atomic E-state index is 13.2. The van der Waals surface area contributed by atoms with Crippen molar-refractivity contribution in [1.82, 2.24) is 0 Å². The van der Waals surface area contributed by atoms with Gasteiger partial charge in [0.05, 0.1) is 10.5 Å². The molecule has 0 spiro atoms. The maximum Gasteiger partial charge on any atom is 0.338 e. The number of nitrogens with one attached hydrogen (secondary N) is 1. The summed E-state index contributed by atoms with van der Waals surface area (Å²) >= 11 is 3.22. The molecule has 0 fully saturated rings. The summed E-state index contributed by atoms with van der Waals surface area (Å²) in [5, 5.41) is 12.9. The third-order valence-corrected chi connectivity index (χ3v) is 3.37. The summed E-state index contributed by atoms with van der Waals surface area (Å²) in [5.41, 5.74) is -0.476. The number of anilines is 1. The number of nitro groups is 1. The second-order valence-electron chi connectivity index (χ2n) is 4.55. The van der Waals surface area contributed by atoms with Crippen molar-refractivity contribution in [2.45, 2.75) is 0 Å². The first-order chi connectivity index (χ1) is 11.4. The molecule has 2 aromatic rings. The number of hydrogen-bond acceptors (Lipinski definition) is 5. The van der Waals surface area contributed by atoms with Gasteiger partial charge in [-0.1, -0.05) is 15.9 Å². The van der Waals surface area contributed by atoms with Crippen molar-refractivity contribution < 1.29 is 23.6 Å². The van der Waals surface area contributed by atoms with E-state index in [1.165, 1.54) is 12.1 Å². The van der Waals surface area contributed by atoms with E-state index in [4.69, 9.17) is 4.74 Å². The minimum atomic E-state index is -1.01. The van der Waals surface area contributed by atoms with E-state index in [0.717, 1.165) is 22.7 Å². The molecule has 0 aromatic heterocycles. The number of halogens is 2. The van der Waals surface area contributed by atoms with E-state index in [2.05, 4.69) is 21.2 Å². The third-order valence-electron chi connectivity index (χ3n) is 2.84. The van der Waals surface area contributed by atoms with Gasteiger partial charge in [0.2, 0.25) is 5.82 Å². The monoisotopic (exact) mass is 396 g/mol. The molecule has 1 amide bonds. The normalized spacial score (nSPS) is 10.1. The van der Waals surface area contributed by atoms with Gasteiger partial charge in [-0.2, -0.15) is 4.39 Å². The van der Waals surface area contributed by atoms with E-state index in [9.17, 15) is 24.1 Å². The Morgan fingerprint density at radius 1 is 1.21 bits per heavy atom. The summed E-state index contributed by atoms with van der Waals surface area (Å²) in [6.07, 6.45) is 0. The van der Waals surface area contributed by atoms with Gasteiger partial charge in [-0.05, 0) is 36.4 Å². The number of nitrogens with zero attached hydrogens (tertiary/aromatic N) is 1. The highest BCUT2D eigenvalue weighted by atomic mass is 79.9. The van der Waals surface area contributed by atoms with Crippen LogP contribution >= 0.6 is 15.9 Å². The van der Waals surface area contributed by atoms with E-state index in [1.54, 1.807) is 12.1 Å². The quantitative estimate of drug-likeness (QED) is 0.474. The van der Waals surface area contributed by atoms with E-state index in [-0.39, 0.29) is 11.3 Å². The van der Waals surface area contributed by atoms with Crippen molar-refractivity contribution >= 4 is 39.2 Å². The smallest absolute Gasteiger partial charge is 0.338 e. The molecule has 0 unspecified atom stereocenters. The predicted molar refractivity (Wildman–Crippen MR) is 86.1 cm³/mol. The van der Waals surface area contributed by atoms with Crippen LogP contribution in [0.4, 0.5) is 15.8 Å². The summed E-state index contributed by atoms with van der Waals surface area (Å²) in [6.45, 7) is -0.583. The Morgan fingerprint density at radius 2 is 1.88 bits per heavy atom. The molecule has 0 aliphatic heterocycles. The van der Waals surface area contributed by atoms with E-state index in [0.29, 0.717) is 0 Å². The number of rotatable bonds is 5. The maximum atomic E-state index is 13.2. The number of ether oxygens (including phenoxy) is 1. The standard InChI is InChI=1S/C15H10BrFN2O5/c16-10-3-1-9(2-4-10)15(21)24-8-14(20)18-11-5-6-12(17)13(7-11)19(22)23/h1-7H,8H2,(H,18,20). The number of nitro benzene ring substituents is 1. The number of carbonyl (C=O) groups excluding carboxylic acids is 2. The van der Waals surface area contributed by atoms with Gasteiger partial charge in [0.25, 0.3) is 5.91 Å². The minimum Gasteiger partial charge on any atom is -0.452 e. The third kappa shape index (κ3) is 4.59. The molecule has 124 valence electrons. The van der Waals surface area contributed by atoms with Crippen molar-refractivity contribution in [3.05, 3.63) is 68.4 Å².